The summed E-state index contributed by atoms with van der Waals surface area (Å²) in [6.45, 7) is 6.03. The van der Waals surface area contributed by atoms with Crippen LogP contribution < -0.4 is 10.1 Å². The van der Waals surface area contributed by atoms with Gasteiger partial charge in [0.1, 0.15) is 0 Å². The minimum Gasteiger partial charge on any atom is -0.477 e. The van der Waals surface area contributed by atoms with Gasteiger partial charge in [0, 0.05) is 38.4 Å². The van der Waals surface area contributed by atoms with Crippen molar-refractivity contribution < 1.29 is 9.47 Å². The molecule has 1 aromatic heterocycles. The summed E-state index contributed by atoms with van der Waals surface area (Å²) in [4.78, 5) is 8.48. The number of nitrogens with zero attached hydrogens (tertiary/aromatic N) is 2. The molecule has 90 valence electrons. The van der Waals surface area contributed by atoms with Gasteiger partial charge in [0.15, 0.2) is 0 Å². The number of ether oxygens (including phenoxy) is 2. The highest BCUT2D eigenvalue weighted by Gasteiger charge is 2.01. The van der Waals surface area contributed by atoms with Crippen LogP contribution in [0, 0.1) is 6.92 Å². The van der Waals surface area contributed by atoms with E-state index in [4.69, 9.17) is 9.47 Å². The van der Waals surface area contributed by atoms with E-state index in [1.807, 2.05) is 19.9 Å². The third-order valence-electron chi connectivity index (χ3n) is 1.91. The molecule has 0 atom stereocenters. The van der Waals surface area contributed by atoms with Crippen LogP contribution in [-0.4, -0.2) is 36.8 Å². The molecule has 0 aliphatic rings. The number of aryl methyl sites for hydroxylation is 1. The van der Waals surface area contributed by atoms with Gasteiger partial charge in [-0.05, 0) is 13.8 Å². The first-order valence-corrected chi connectivity index (χ1v) is 5.47. The van der Waals surface area contributed by atoms with Gasteiger partial charge >= 0.3 is 0 Å². The molecule has 1 N–H and O–H groups in total. The van der Waals surface area contributed by atoms with Crippen LogP contribution in [-0.2, 0) is 4.74 Å². The van der Waals surface area contributed by atoms with Crippen LogP contribution in [0.15, 0.2) is 6.07 Å². The molecule has 0 amide bonds. The van der Waals surface area contributed by atoms with Gasteiger partial charge in [-0.3, -0.25) is 0 Å². The lowest BCUT2D eigenvalue weighted by Gasteiger charge is -2.08. The van der Waals surface area contributed by atoms with Gasteiger partial charge in [-0.2, -0.15) is 4.98 Å². The van der Waals surface area contributed by atoms with Crippen LogP contribution in [0.2, 0.25) is 0 Å². The summed E-state index contributed by atoms with van der Waals surface area (Å²) >= 11 is 0. The highest BCUT2D eigenvalue weighted by atomic mass is 16.5. The molecule has 5 nitrogen and oxygen atoms in total. The Balaban J connectivity index is 2.51. The van der Waals surface area contributed by atoms with E-state index < -0.39 is 0 Å². The van der Waals surface area contributed by atoms with Crippen LogP contribution in [0.5, 0.6) is 5.88 Å². The first-order chi connectivity index (χ1) is 7.76. The van der Waals surface area contributed by atoms with Gasteiger partial charge < -0.3 is 14.8 Å². The van der Waals surface area contributed by atoms with Crippen molar-refractivity contribution in [1.29, 1.82) is 0 Å². The Morgan fingerprint density at radius 3 is 2.81 bits per heavy atom. The largest absolute Gasteiger partial charge is 0.477 e. The van der Waals surface area contributed by atoms with Gasteiger partial charge in [0.05, 0.1) is 6.61 Å². The van der Waals surface area contributed by atoms with Crippen molar-refractivity contribution in [2.75, 3.05) is 32.2 Å². The zero-order chi connectivity index (χ0) is 11.8. The highest BCUT2D eigenvalue weighted by molar-refractivity contribution is 5.30. The number of hydrogen-bond donors (Lipinski definition) is 1. The smallest absolute Gasteiger partial charge is 0.226 e. The van der Waals surface area contributed by atoms with Gasteiger partial charge in [0.25, 0.3) is 0 Å². The number of rotatable bonds is 7. The molecular formula is C11H19N3O2. The maximum Gasteiger partial charge on any atom is 0.226 e. The third-order valence-corrected chi connectivity index (χ3v) is 1.91. The Hall–Kier alpha value is -1.36. The van der Waals surface area contributed by atoms with Crippen molar-refractivity contribution in [3.8, 4) is 5.88 Å². The fourth-order valence-corrected chi connectivity index (χ4v) is 1.23. The van der Waals surface area contributed by atoms with Crippen LogP contribution in [0.4, 0.5) is 5.95 Å². The van der Waals surface area contributed by atoms with Gasteiger partial charge in [-0.25, -0.2) is 4.98 Å². The summed E-state index contributed by atoms with van der Waals surface area (Å²) in [6.07, 6.45) is 0.857. The topological polar surface area (TPSA) is 56.3 Å². The summed E-state index contributed by atoms with van der Waals surface area (Å²) in [5.41, 5.74) is 0.896. The Kier molecular flexibility index (Phi) is 5.56. The average Bonchev–Trinajstić information content (AvgIpc) is 2.24. The Morgan fingerprint density at radius 1 is 1.31 bits per heavy atom. The van der Waals surface area contributed by atoms with Crippen LogP contribution >= 0.6 is 0 Å². The molecule has 0 unspecified atom stereocenters. The molecule has 0 aliphatic heterocycles. The van der Waals surface area contributed by atoms with Gasteiger partial charge in [-0.1, -0.05) is 0 Å². The van der Waals surface area contributed by atoms with Crippen LogP contribution in [0.25, 0.3) is 0 Å². The number of nitrogens with one attached hydrogen (secondary N) is 1. The minimum absolute atomic E-state index is 0.607. The standard InChI is InChI=1S/C11H19N3O2/c1-4-12-11-13-9(2)8-10(14-11)16-7-5-6-15-3/h8H,4-7H2,1-3H3,(H,12,13,14). The lowest BCUT2D eigenvalue weighted by molar-refractivity contribution is 0.170. The van der Waals surface area contributed by atoms with Crippen molar-refractivity contribution in [1.82, 2.24) is 9.97 Å². The van der Waals surface area contributed by atoms with Crippen molar-refractivity contribution in [2.24, 2.45) is 0 Å². The monoisotopic (exact) mass is 225 g/mol. The summed E-state index contributed by atoms with van der Waals surface area (Å²) in [5.74, 6) is 1.23. The second-order valence-electron chi connectivity index (χ2n) is 3.40. The summed E-state index contributed by atoms with van der Waals surface area (Å²) in [6, 6.07) is 1.83. The lowest BCUT2D eigenvalue weighted by atomic mass is 10.4. The highest BCUT2D eigenvalue weighted by Crippen LogP contribution is 2.11. The van der Waals surface area contributed by atoms with Crippen LogP contribution in [0.3, 0.4) is 0 Å². The SMILES string of the molecule is CCNc1nc(C)cc(OCCCOC)n1. The van der Waals surface area contributed by atoms with E-state index in [1.54, 1.807) is 7.11 Å². The Labute approximate surface area is 96.2 Å². The molecule has 0 fully saturated rings. The summed E-state index contributed by atoms with van der Waals surface area (Å²) in [5, 5.41) is 3.06. The predicted octanol–water partition coefficient (Wildman–Crippen LogP) is 1.63. The molecule has 0 bridgehead atoms. The van der Waals surface area contributed by atoms with E-state index in [0.29, 0.717) is 25.0 Å². The first-order valence-electron chi connectivity index (χ1n) is 5.47. The quantitative estimate of drug-likeness (QED) is 0.715. The fourth-order valence-electron chi connectivity index (χ4n) is 1.23. The van der Waals surface area contributed by atoms with E-state index >= 15 is 0 Å². The lowest BCUT2D eigenvalue weighted by Crippen LogP contribution is -2.07. The molecule has 0 aromatic carbocycles. The van der Waals surface area contributed by atoms with Gasteiger partial charge in [-0.15, -0.1) is 0 Å². The number of hydrogen-bond acceptors (Lipinski definition) is 5. The first kappa shape index (κ1) is 12.7. The average molecular weight is 225 g/mol. The predicted molar refractivity (Wildman–Crippen MR) is 62.9 cm³/mol. The maximum atomic E-state index is 5.50. The third kappa shape index (κ3) is 4.44. The van der Waals surface area contributed by atoms with Crippen molar-refractivity contribution in [3.63, 3.8) is 0 Å². The zero-order valence-corrected chi connectivity index (χ0v) is 10.1. The van der Waals surface area contributed by atoms with E-state index in [-0.39, 0.29) is 0 Å². The van der Waals surface area contributed by atoms with Crippen LogP contribution in [0.1, 0.15) is 19.0 Å². The zero-order valence-electron chi connectivity index (χ0n) is 10.1. The molecule has 1 aromatic rings. The molecule has 0 radical (unpaired) electrons. The number of aromatic nitrogens is 2. The van der Waals surface area contributed by atoms with E-state index in [2.05, 4.69) is 15.3 Å². The number of anilines is 1. The van der Waals surface area contributed by atoms with E-state index in [0.717, 1.165) is 18.7 Å². The van der Waals surface area contributed by atoms with Crippen molar-refractivity contribution >= 4 is 5.95 Å². The molecular weight excluding hydrogens is 206 g/mol. The second-order valence-corrected chi connectivity index (χ2v) is 3.40. The van der Waals surface area contributed by atoms with E-state index in [1.165, 1.54) is 0 Å². The molecule has 0 aliphatic carbocycles. The van der Waals surface area contributed by atoms with Crippen molar-refractivity contribution in [3.05, 3.63) is 11.8 Å². The molecule has 5 heteroatoms. The van der Waals surface area contributed by atoms with Gasteiger partial charge in [0.2, 0.25) is 11.8 Å². The summed E-state index contributed by atoms with van der Waals surface area (Å²) in [7, 11) is 1.68. The molecule has 0 saturated heterocycles. The van der Waals surface area contributed by atoms with E-state index in [9.17, 15) is 0 Å². The summed E-state index contributed by atoms with van der Waals surface area (Å²) < 4.78 is 10.4. The molecule has 1 rings (SSSR count). The minimum atomic E-state index is 0.607. The molecule has 1 heterocycles. The van der Waals surface area contributed by atoms with Crippen molar-refractivity contribution in [2.45, 2.75) is 20.3 Å². The molecule has 0 spiro atoms. The number of methoxy groups -OCH3 is 1. The molecule has 0 saturated carbocycles. The Morgan fingerprint density at radius 2 is 2.12 bits per heavy atom. The Bertz CT molecular complexity index is 318. The fraction of sp³-hybridized carbons (Fsp3) is 0.636. The molecule has 16 heavy (non-hydrogen) atoms. The normalized spacial score (nSPS) is 10.2. The second kappa shape index (κ2) is 7.00. The maximum absolute atomic E-state index is 5.50.